The molecule has 1 nitrogen and oxygen atoms in total. The van der Waals surface area contributed by atoms with Crippen molar-refractivity contribution in [1.29, 1.82) is 0 Å². The number of benzene rings is 1. The van der Waals surface area contributed by atoms with Crippen molar-refractivity contribution in [2.45, 2.75) is 52.9 Å². The molecule has 0 radical (unpaired) electrons. The molecule has 0 fully saturated rings. The number of allylic oxidation sites excluding steroid dienone is 6. The molecule has 0 spiro atoms. The standard InChI is InChI=1S/C28H37N/c1-7-11-15-28(14-9-3)23-29(6)24(5)22-25(10-4)16-12-17-27-20-18-26(13-8-2)19-21-27/h1,10-12,14-16,18-21H,5,8-9,13,17,22-23H2,2-4,6H3/b15-11-,16-12-,25-10+,28-14+. The summed E-state index contributed by atoms with van der Waals surface area (Å²) in [5, 5.41) is 0. The molecule has 0 aliphatic heterocycles. The summed E-state index contributed by atoms with van der Waals surface area (Å²) in [6.07, 6.45) is 23.1. The third-order valence-corrected chi connectivity index (χ3v) is 4.85. The average molecular weight is 388 g/mol. The lowest BCUT2D eigenvalue weighted by molar-refractivity contribution is 0.448. The van der Waals surface area contributed by atoms with E-state index in [4.69, 9.17) is 6.42 Å². The largest absolute Gasteiger partial charge is 0.374 e. The van der Waals surface area contributed by atoms with Gasteiger partial charge in [0.05, 0.1) is 0 Å². The van der Waals surface area contributed by atoms with Gasteiger partial charge in [-0.15, -0.1) is 6.42 Å². The maximum atomic E-state index is 5.35. The van der Waals surface area contributed by atoms with Crippen molar-refractivity contribution in [2.24, 2.45) is 0 Å². The van der Waals surface area contributed by atoms with Crippen molar-refractivity contribution in [3.63, 3.8) is 0 Å². The van der Waals surface area contributed by atoms with E-state index in [1.807, 2.05) is 6.08 Å². The quantitative estimate of drug-likeness (QED) is 0.274. The highest BCUT2D eigenvalue weighted by atomic mass is 15.1. The molecule has 154 valence electrons. The molecule has 0 aliphatic rings. The summed E-state index contributed by atoms with van der Waals surface area (Å²) >= 11 is 0. The van der Waals surface area contributed by atoms with E-state index in [-0.39, 0.29) is 0 Å². The van der Waals surface area contributed by atoms with Gasteiger partial charge in [-0.2, -0.15) is 0 Å². The van der Waals surface area contributed by atoms with Gasteiger partial charge in [-0.1, -0.05) is 81.3 Å². The summed E-state index contributed by atoms with van der Waals surface area (Å²) in [7, 11) is 2.09. The van der Waals surface area contributed by atoms with E-state index >= 15 is 0 Å². The van der Waals surface area contributed by atoms with Crippen LogP contribution in [-0.4, -0.2) is 18.5 Å². The molecule has 1 aromatic carbocycles. The van der Waals surface area contributed by atoms with Crippen LogP contribution in [0, 0.1) is 12.3 Å². The number of nitrogens with zero attached hydrogens (tertiary/aromatic N) is 1. The van der Waals surface area contributed by atoms with Crippen LogP contribution in [0.1, 0.15) is 51.2 Å². The first-order valence-corrected chi connectivity index (χ1v) is 10.6. The zero-order valence-electron chi connectivity index (χ0n) is 18.7. The Morgan fingerprint density at radius 1 is 1.10 bits per heavy atom. The summed E-state index contributed by atoms with van der Waals surface area (Å²) in [6, 6.07) is 8.97. The van der Waals surface area contributed by atoms with Crippen molar-refractivity contribution in [2.75, 3.05) is 13.6 Å². The van der Waals surface area contributed by atoms with E-state index in [0.717, 1.165) is 37.9 Å². The van der Waals surface area contributed by atoms with Crippen molar-refractivity contribution in [3.8, 4) is 12.3 Å². The van der Waals surface area contributed by atoms with Crippen LogP contribution in [0.15, 0.2) is 84.1 Å². The van der Waals surface area contributed by atoms with E-state index in [1.54, 1.807) is 6.08 Å². The second kappa shape index (κ2) is 14.3. The van der Waals surface area contributed by atoms with Gasteiger partial charge in [0.2, 0.25) is 0 Å². The predicted molar refractivity (Wildman–Crippen MR) is 130 cm³/mol. The second-order valence-corrected chi connectivity index (χ2v) is 7.32. The summed E-state index contributed by atoms with van der Waals surface area (Å²) < 4.78 is 0. The number of terminal acetylenes is 1. The zero-order valence-corrected chi connectivity index (χ0v) is 18.7. The molecule has 0 heterocycles. The van der Waals surface area contributed by atoms with E-state index in [2.05, 4.69) is 93.8 Å². The van der Waals surface area contributed by atoms with Crippen molar-refractivity contribution < 1.29 is 0 Å². The fraction of sp³-hybridized carbons (Fsp3) is 0.357. The van der Waals surface area contributed by atoms with Gasteiger partial charge in [0.15, 0.2) is 0 Å². The third-order valence-electron chi connectivity index (χ3n) is 4.85. The predicted octanol–water partition coefficient (Wildman–Crippen LogP) is 7.05. The molecule has 1 heteroatoms. The van der Waals surface area contributed by atoms with Gasteiger partial charge >= 0.3 is 0 Å². The highest BCUT2D eigenvalue weighted by Gasteiger charge is 2.05. The summed E-state index contributed by atoms with van der Waals surface area (Å²) in [4.78, 5) is 2.20. The van der Waals surface area contributed by atoms with Gasteiger partial charge in [0, 0.05) is 25.7 Å². The maximum absolute atomic E-state index is 5.35. The van der Waals surface area contributed by atoms with Crippen LogP contribution in [0.25, 0.3) is 0 Å². The lowest BCUT2D eigenvalue weighted by Gasteiger charge is -2.23. The zero-order chi connectivity index (χ0) is 21.5. The summed E-state index contributed by atoms with van der Waals surface area (Å²) in [6.45, 7) is 11.5. The fourth-order valence-electron chi connectivity index (χ4n) is 3.09. The van der Waals surface area contributed by atoms with Crippen molar-refractivity contribution >= 4 is 0 Å². The van der Waals surface area contributed by atoms with Crippen molar-refractivity contribution in [3.05, 3.63) is 95.3 Å². The maximum Gasteiger partial charge on any atom is 0.0420 e. The third kappa shape index (κ3) is 9.86. The SMILES string of the molecule is C#C/C=C\C(=C/CC)CN(C)C(=C)CC(/C=C\Cc1ccc(CCC)cc1)=C/C. The number of hydrogen-bond donors (Lipinski definition) is 0. The molecule has 0 atom stereocenters. The molecule has 0 unspecified atom stereocenters. The lowest BCUT2D eigenvalue weighted by atomic mass is 10.0. The van der Waals surface area contributed by atoms with Gasteiger partial charge in [-0.25, -0.2) is 0 Å². The minimum Gasteiger partial charge on any atom is -0.374 e. The fourth-order valence-corrected chi connectivity index (χ4v) is 3.09. The molecule has 0 aromatic heterocycles. The van der Waals surface area contributed by atoms with Gasteiger partial charge in [-0.3, -0.25) is 0 Å². The van der Waals surface area contributed by atoms with Gasteiger partial charge < -0.3 is 4.90 Å². The minimum absolute atomic E-state index is 0.815. The molecule has 0 bridgehead atoms. The Morgan fingerprint density at radius 3 is 2.38 bits per heavy atom. The van der Waals surface area contributed by atoms with Gasteiger partial charge in [0.25, 0.3) is 0 Å². The van der Waals surface area contributed by atoms with Crippen LogP contribution in [0.3, 0.4) is 0 Å². The Labute approximate surface area is 179 Å². The first kappa shape index (κ1) is 24.3. The van der Waals surface area contributed by atoms with E-state index in [1.165, 1.54) is 28.7 Å². The molecule has 1 rings (SSSR count). The molecule has 0 saturated heterocycles. The number of aryl methyl sites for hydroxylation is 1. The number of hydrogen-bond acceptors (Lipinski definition) is 1. The summed E-state index contributed by atoms with van der Waals surface area (Å²) in [5.41, 5.74) is 6.37. The Kier molecular flexibility index (Phi) is 12.0. The number of rotatable bonds is 12. The van der Waals surface area contributed by atoms with E-state index in [0.29, 0.717) is 0 Å². The second-order valence-electron chi connectivity index (χ2n) is 7.32. The monoisotopic (exact) mass is 387 g/mol. The smallest absolute Gasteiger partial charge is 0.0420 e. The Hall–Kier alpha value is -2.72. The normalized spacial score (nSPS) is 12.5. The topological polar surface area (TPSA) is 3.24 Å². The van der Waals surface area contributed by atoms with Gasteiger partial charge in [-0.05, 0) is 60.6 Å². The van der Waals surface area contributed by atoms with E-state index < -0.39 is 0 Å². The highest BCUT2D eigenvalue weighted by Crippen LogP contribution is 2.16. The van der Waals surface area contributed by atoms with Crippen LogP contribution in [-0.2, 0) is 12.8 Å². The van der Waals surface area contributed by atoms with Crippen molar-refractivity contribution in [1.82, 2.24) is 4.90 Å². The molecule has 0 N–H and O–H groups in total. The van der Waals surface area contributed by atoms with Crippen LogP contribution in [0.5, 0.6) is 0 Å². The van der Waals surface area contributed by atoms with Crippen LogP contribution < -0.4 is 0 Å². The average Bonchev–Trinajstić information content (AvgIpc) is 2.72. The van der Waals surface area contributed by atoms with Gasteiger partial charge in [0.1, 0.15) is 0 Å². The van der Waals surface area contributed by atoms with Crippen LogP contribution in [0.2, 0.25) is 0 Å². The number of likely N-dealkylation sites (N-methyl/N-ethyl adjacent to an activating group) is 1. The molecular formula is C28H37N. The molecule has 0 saturated carbocycles. The first-order chi connectivity index (χ1) is 14.0. The molecule has 0 aliphatic carbocycles. The molecule has 29 heavy (non-hydrogen) atoms. The molecular weight excluding hydrogens is 350 g/mol. The van der Waals surface area contributed by atoms with Crippen LogP contribution in [0.4, 0.5) is 0 Å². The Morgan fingerprint density at radius 2 is 1.79 bits per heavy atom. The highest BCUT2D eigenvalue weighted by molar-refractivity contribution is 5.30. The first-order valence-electron chi connectivity index (χ1n) is 10.6. The lowest BCUT2D eigenvalue weighted by Crippen LogP contribution is -2.19. The molecule has 1 aromatic rings. The Balaban J connectivity index is 2.61. The Bertz CT molecular complexity index is 779. The molecule has 0 amide bonds. The van der Waals surface area contributed by atoms with Crippen LogP contribution >= 0.6 is 0 Å². The van der Waals surface area contributed by atoms with E-state index in [9.17, 15) is 0 Å². The summed E-state index contributed by atoms with van der Waals surface area (Å²) in [5.74, 6) is 2.57. The minimum atomic E-state index is 0.815.